The highest BCUT2D eigenvalue weighted by molar-refractivity contribution is 5.89. The number of nitrogens with zero attached hydrogens (tertiary/aromatic N) is 3. The van der Waals surface area contributed by atoms with Crippen LogP contribution in [0.5, 0.6) is 0 Å². The van der Waals surface area contributed by atoms with Gasteiger partial charge in [0.25, 0.3) is 11.4 Å². The second-order valence-electron chi connectivity index (χ2n) is 5.83. The van der Waals surface area contributed by atoms with Gasteiger partial charge in [0.2, 0.25) is 5.82 Å². The minimum Gasteiger partial charge on any atom is -0.449 e. The molecule has 2 aromatic heterocycles. The molecule has 1 unspecified atom stereocenters. The maximum atomic E-state index is 13.7. The Kier molecular flexibility index (Phi) is 4.66. The summed E-state index contributed by atoms with van der Waals surface area (Å²) >= 11 is 0. The summed E-state index contributed by atoms with van der Waals surface area (Å²) in [5.74, 6) is -0.802. The first kappa shape index (κ1) is 17.5. The van der Waals surface area contributed by atoms with Crippen LogP contribution in [0.1, 0.15) is 34.8 Å². The number of esters is 1. The van der Waals surface area contributed by atoms with Gasteiger partial charge in [-0.3, -0.25) is 4.79 Å². The number of hydrogen-bond donors (Lipinski definition) is 0. The van der Waals surface area contributed by atoms with Gasteiger partial charge in [-0.2, -0.15) is 4.98 Å². The summed E-state index contributed by atoms with van der Waals surface area (Å²) in [6.45, 7) is 3.21. The molecule has 0 aliphatic rings. The van der Waals surface area contributed by atoms with Gasteiger partial charge in [-0.25, -0.2) is 9.18 Å². The van der Waals surface area contributed by atoms with Crippen molar-refractivity contribution in [3.63, 3.8) is 0 Å². The lowest BCUT2D eigenvalue weighted by atomic mass is 10.1. The molecule has 0 aliphatic heterocycles. The molecule has 134 valence electrons. The molecule has 0 radical (unpaired) electrons. The highest BCUT2D eigenvalue weighted by atomic mass is 19.1. The minimum absolute atomic E-state index is 0.0677. The van der Waals surface area contributed by atoms with Gasteiger partial charge in [-0.1, -0.05) is 17.3 Å². The van der Waals surface area contributed by atoms with E-state index in [0.717, 1.165) is 0 Å². The molecule has 0 fully saturated rings. The fourth-order valence-corrected chi connectivity index (χ4v) is 2.20. The number of hydrogen-bond acceptors (Lipinski definition) is 6. The Morgan fingerprint density at radius 2 is 2.08 bits per heavy atom. The number of halogens is 1. The summed E-state index contributed by atoms with van der Waals surface area (Å²) in [4.78, 5) is 27.9. The predicted octanol–water partition coefficient (Wildman–Crippen LogP) is 2.80. The third-order valence-electron chi connectivity index (χ3n) is 3.84. The summed E-state index contributed by atoms with van der Waals surface area (Å²) in [5, 5.41) is 3.79. The second-order valence-corrected chi connectivity index (χ2v) is 5.83. The van der Waals surface area contributed by atoms with Gasteiger partial charge in [0.15, 0.2) is 6.10 Å². The van der Waals surface area contributed by atoms with E-state index in [1.54, 1.807) is 33.0 Å². The van der Waals surface area contributed by atoms with Crippen LogP contribution < -0.4 is 5.56 Å². The van der Waals surface area contributed by atoms with E-state index in [-0.39, 0.29) is 28.7 Å². The molecule has 0 bridgehead atoms. The van der Waals surface area contributed by atoms with Crippen LogP contribution in [0.4, 0.5) is 4.39 Å². The molecule has 0 spiro atoms. The Balaban J connectivity index is 1.76. The molecule has 0 aliphatic carbocycles. The van der Waals surface area contributed by atoms with Crippen molar-refractivity contribution >= 4 is 5.97 Å². The predicted molar refractivity (Wildman–Crippen MR) is 89.9 cm³/mol. The first-order valence-corrected chi connectivity index (χ1v) is 7.83. The molecular formula is C18H16FN3O4. The topological polar surface area (TPSA) is 87.2 Å². The molecule has 3 aromatic rings. The zero-order valence-corrected chi connectivity index (χ0v) is 14.4. The van der Waals surface area contributed by atoms with Gasteiger partial charge in [0.05, 0.1) is 5.56 Å². The number of rotatable bonds is 4. The molecule has 7 nitrogen and oxygen atoms in total. The Labute approximate surface area is 148 Å². The molecule has 0 amide bonds. The first-order valence-electron chi connectivity index (χ1n) is 7.83. The zero-order valence-electron chi connectivity index (χ0n) is 14.4. The van der Waals surface area contributed by atoms with E-state index in [0.29, 0.717) is 11.1 Å². The lowest BCUT2D eigenvalue weighted by molar-refractivity contribution is 0.0265. The van der Waals surface area contributed by atoms with Crippen LogP contribution in [-0.2, 0) is 11.8 Å². The maximum Gasteiger partial charge on any atom is 0.339 e. The highest BCUT2D eigenvalue weighted by Crippen LogP contribution is 2.23. The quantitative estimate of drug-likeness (QED) is 0.667. The monoisotopic (exact) mass is 357 g/mol. The van der Waals surface area contributed by atoms with E-state index in [1.807, 2.05) is 0 Å². The number of pyridine rings is 1. The summed E-state index contributed by atoms with van der Waals surface area (Å²) in [5.41, 5.74) is 0.760. The average molecular weight is 357 g/mol. The summed E-state index contributed by atoms with van der Waals surface area (Å²) in [6, 6.07) is 7.25. The number of aromatic nitrogens is 3. The Morgan fingerprint density at radius 3 is 2.77 bits per heavy atom. The van der Waals surface area contributed by atoms with Crippen LogP contribution in [0.3, 0.4) is 0 Å². The second kappa shape index (κ2) is 6.91. The van der Waals surface area contributed by atoms with E-state index < -0.39 is 12.1 Å². The van der Waals surface area contributed by atoms with Crippen molar-refractivity contribution in [2.45, 2.75) is 20.0 Å². The maximum absolute atomic E-state index is 13.7. The first-order chi connectivity index (χ1) is 12.3. The number of carbonyl (C=O) groups excluding carboxylic acids is 1. The summed E-state index contributed by atoms with van der Waals surface area (Å²) in [6.07, 6.45) is 0.642. The van der Waals surface area contributed by atoms with E-state index in [9.17, 15) is 14.0 Å². The third kappa shape index (κ3) is 3.53. The van der Waals surface area contributed by atoms with E-state index >= 15 is 0 Å². The SMILES string of the molecule is Cc1ccc(-c2noc(C(C)OC(=O)c3ccn(C)c(=O)c3)n2)cc1F. The van der Waals surface area contributed by atoms with Crippen LogP contribution in [0, 0.1) is 12.7 Å². The molecule has 0 N–H and O–H groups in total. The van der Waals surface area contributed by atoms with Gasteiger partial charge in [-0.05, 0) is 31.5 Å². The molecule has 26 heavy (non-hydrogen) atoms. The molecule has 2 heterocycles. The fourth-order valence-electron chi connectivity index (χ4n) is 2.20. The molecule has 1 aromatic carbocycles. The minimum atomic E-state index is -0.830. The highest BCUT2D eigenvalue weighted by Gasteiger charge is 2.20. The standard InChI is InChI=1S/C18H16FN3O4/c1-10-4-5-12(8-14(10)19)16-20-17(26-21-16)11(2)25-18(24)13-6-7-22(3)15(23)9-13/h4-9,11H,1-3H3. The van der Waals surface area contributed by atoms with Gasteiger partial charge in [0.1, 0.15) is 5.82 Å². The lowest BCUT2D eigenvalue weighted by Gasteiger charge is -2.09. The van der Waals surface area contributed by atoms with E-state index in [1.165, 1.54) is 29.0 Å². The fraction of sp³-hybridized carbons (Fsp3) is 0.222. The van der Waals surface area contributed by atoms with Crippen molar-refractivity contribution in [2.75, 3.05) is 0 Å². The zero-order chi connectivity index (χ0) is 18.8. The smallest absolute Gasteiger partial charge is 0.339 e. The normalized spacial score (nSPS) is 12.0. The van der Waals surface area contributed by atoms with Gasteiger partial charge in [0, 0.05) is 24.9 Å². The molecule has 3 rings (SSSR count). The van der Waals surface area contributed by atoms with Crippen molar-refractivity contribution in [1.82, 2.24) is 14.7 Å². The third-order valence-corrected chi connectivity index (χ3v) is 3.84. The Bertz CT molecular complexity index is 1030. The van der Waals surface area contributed by atoms with Gasteiger partial charge in [-0.15, -0.1) is 0 Å². The number of ether oxygens (including phenoxy) is 1. The Morgan fingerprint density at radius 1 is 1.31 bits per heavy atom. The number of aryl methyl sites for hydroxylation is 2. The van der Waals surface area contributed by atoms with Crippen molar-refractivity contribution in [3.05, 3.63) is 69.7 Å². The number of benzene rings is 1. The van der Waals surface area contributed by atoms with Crippen LogP contribution in [0.15, 0.2) is 45.8 Å². The molecule has 1 atom stereocenters. The average Bonchev–Trinajstić information content (AvgIpc) is 3.10. The van der Waals surface area contributed by atoms with Gasteiger partial charge >= 0.3 is 5.97 Å². The van der Waals surface area contributed by atoms with Crippen LogP contribution >= 0.6 is 0 Å². The largest absolute Gasteiger partial charge is 0.449 e. The van der Waals surface area contributed by atoms with Crippen molar-refractivity contribution in [1.29, 1.82) is 0 Å². The lowest BCUT2D eigenvalue weighted by Crippen LogP contribution is -2.18. The van der Waals surface area contributed by atoms with Crippen LogP contribution in [0.2, 0.25) is 0 Å². The van der Waals surface area contributed by atoms with Gasteiger partial charge < -0.3 is 13.8 Å². The van der Waals surface area contributed by atoms with Crippen molar-refractivity contribution in [2.24, 2.45) is 7.05 Å². The summed E-state index contributed by atoms with van der Waals surface area (Å²) in [7, 11) is 1.58. The van der Waals surface area contributed by atoms with E-state index in [2.05, 4.69) is 10.1 Å². The molecule has 0 saturated carbocycles. The summed E-state index contributed by atoms with van der Waals surface area (Å²) < 4.78 is 25.4. The number of carbonyl (C=O) groups is 1. The van der Waals surface area contributed by atoms with Crippen LogP contribution in [0.25, 0.3) is 11.4 Å². The Hall–Kier alpha value is -3.29. The van der Waals surface area contributed by atoms with E-state index in [4.69, 9.17) is 9.26 Å². The molecule has 0 saturated heterocycles. The molecule has 8 heteroatoms. The molecular weight excluding hydrogens is 341 g/mol. The van der Waals surface area contributed by atoms with Crippen LogP contribution in [-0.4, -0.2) is 20.7 Å². The van der Waals surface area contributed by atoms with Crippen molar-refractivity contribution in [3.8, 4) is 11.4 Å². The van der Waals surface area contributed by atoms with Crippen molar-refractivity contribution < 1.29 is 18.4 Å².